The quantitative estimate of drug-likeness (QED) is 0.370. The summed E-state index contributed by atoms with van der Waals surface area (Å²) in [6, 6.07) is 21.6. The molecule has 1 aromatic heterocycles. The maximum atomic E-state index is 12.7. The van der Waals surface area contributed by atoms with Crippen molar-refractivity contribution < 1.29 is 14.3 Å². The van der Waals surface area contributed by atoms with Gasteiger partial charge in [0.1, 0.15) is 5.70 Å². The number of aryl methyl sites for hydroxylation is 1. The van der Waals surface area contributed by atoms with Crippen molar-refractivity contribution in [2.24, 2.45) is 10.2 Å². The third-order valence-electron chi connectivity index (χ3n) is 4.88. The third kappa shape index (κ3) is 4.70. The van der Waals surface area contributed by atoms with Crippen molar-refractivity contribution in [1.82, 2.24) is 5.01 Å². The van der Waals surface area contributed by atoms with Crippen molar-refractivity contribution in [1.29, 1.82) is 0 Å². The lowest BCUT2D eigenvalue weighted by molar-refractivity contribution is -0.557. The average molecular weight is 422 g/mol. The molecule has 0 saturated heterocycles. The molecule has 0 fully saturated rings. The van der Waals surface area contributed by atoms with Gasteiger partial charge in [0.05, 0.1) is 5.11 Å². The van der Waals surface area contributed by atoms with Crippen LogP contribution in [0.15, 0.2) is 113 Å². The fraction of sp³-hybridized carbons (Fsp3) is 0.0769. The summed E-state index contributed by atoms with van der Waals surface area (Å²) in [6.07, 6.45) is 7.25. The minimum atomic E-state index is -0.364. The van der Waals surface area contributed by atoms with Crippen molar-refractivity contribution in [2.45, 2.75) is 13.8 Å². The van der Waals surface area contributed by atoms with Crippen LogP contribution in [-0.4, -0.2) is 16.8 Å². The van der Waals surface area contributed by atoms with E-state index in [-0.39, 0.29) is 11.8 Å². The first kappa shape index (κ1) is 20.9. The molecular weight excluding hydrogens is 400 g/mol. The largest absolute Gasteiger partial charge is 0.857 e. The fourth-order valence-corrected chi connectivity index (χ4v) is 3.23. The standard InChI is InChI=1S/C26H22N4O2/c1-19-13-15-29(27-25(31)21-9-5-3-6-10-21)23(17-19)24-18-20(2)14-16-30(24)28-26(32)22-11-7-4-8-12-22/h3-18H,1-2H3/b24-23-,29-27?. The molecule has 0 saturated carbocycles. The summed E-state index contributed by atoms with van der Waals surface area (Å²) in [4.78, 5) is 12.7. The lowest BCUT2D eigenvalue weighted by atomic mass is 10.1. The van der Waals surface area contributed by atoms with E-state index in [1.807, 2.05) is 50.3 Å². The highest BCUT2D eigenvalue weighted by atomic mass is 16.3. The van der Waals surface area contributed by atoms with Gasteiger partial charge in [-0.2, -0.15) is 5.10 Å². The molecule has 0 aliphatic carbocycles. The molecule has 0 atom stereocenters. The number of carbonyl (C=O) groups is 1. The first-order chi connectivity index (χ1) is 15.5. The molecule has 0 radical (unpaired) electrons. The minimum Gasteiger partial charge on any atom is -0.857 e. The summed E-state index contributed by atoms with van der Waals surface area (Å²) in [6.45, 7) is 3.92. The summed E-state index contributed by atoms with van der Waals surface area (Å²) in [5.41, 5.74) is 3.60. The molecule has 0 N–H and O–H groups in total. The van der Waals surface area contributed by atoms with Gasteiger partial charge in [0.2, 0.25) is 6.20 Å². The number of benzene rings is 2. The number of carbonyl (C=O) groups excluding carboxylic acids is 1. The normalized spacial score (nSPS) is 16.2. The second kappa shape index (κ2) is 9.22. The molecular formula is C26H22N4O2. The summed E-state index contributed by atoms with van der Waals surface area (Å²) < 4.78 is 1.52. The Morgan fingerprint density at radius 2 is 1.59 bits per heavy atom. The Hall–Kier alpha value is -4.32. The number of hydrogen-bond donors (Lipinski definition) is 0. The van der Waals surface area contributed by atoms with Gasteiger partial charge in [-0.25, -0.2) is 5.01 Å². The molecule has 0 spiro atoms. The topological polar surface area (TPSA) is 74.0 Å². The molecule has 4 rings (SSSR count). The Morgan fingerprint density at radius 1 is 0.938 bits per heavy atom. The van der Waals surface area contributed by atoms with Crippen LogP contribution in [0.2, 0.25) is 0 Å². The van der Waals surface area contributed by atoms with Gasteiger partial charge in [-0.1, -0.05) is 48.5 Å². The van der Waals surface area contributed by atoms with Crippen molar-refractivity contribution in [3.05, 3.63) is 125 Å². The first-order valence-electron chi connectivity index (χ1n) is 10.2. The Kier molecular flexibility index (Phi) is 6.03. The van der Waals surface area contributed by atoms with Crippen LogP contribution >= 0.6 is 0 Å². The fourth-order valence-electron chi connectivity index (χ4n) is 3.23. The number of rotatable bonds is 3. The molecule has 0 unspecified atom stereocenters. The van der Waals surface area contributed by atoms with Gasteiger partial charge in [0.15, 0.2) is 0 Å². The maximum absolute atomic E-state index is 12.7. The van der Waals surface area contributed by atoms with E-state index in [0.29, 0.717) is 22.2 Å². The van der Waals surface area contributed by atoms with Crippen molar-refractivity contribution in [2.75, 3.05) is 0 Å². The maximum Gasteiger partial charge on any atom is 0.339 e. The molecule has 32 heavy (non-hydrogen) atoms. The predicted molar refractivity (Wildman–Crippen MR) is 121 cm³/mol. The molecule has 6 heteroatoms. The van der Waals surface area contributed by atoms with E-state index in [4.69, 9.17) is 0 Å². The van der Waals surface area contributed by atoms with Crippen LogP contribution in [-0.2, 0) is 0 Å². The van der Waals surface area contributed by atoms with Gasteiger partial charge >= 0.3 is 5.91 Å². The van der Waals surface area contributed by atoms with Gasteiger partial charge in [-0.15, -0.1) is 0 Å². The van der Waals surface area contributed by atoms with Crippen molar-refractivity contribution in [3.8, 4) is 0 Å². The zero-order valence-corrected chi connectivity index (χ0v) is 17.8. The number of amides is 1. The molecule has 2 aromatic carbocycles. The van der Waals surface area contributed by atoms with Crippen LogP contribution in [0.3, 0.4) is 0 Å². The van der Waals surface area contributed by atoms with E-state index < -0.39 is 0 Å². The number of allylic oxidation sites excluding steroid dienone is 2. The van der Waals surface area contributed by atoms with Crippen LogP contribution in [0.1, 0.15) is 28.4 Å². The lowest BCUT2D eigenvalue weighted by Gasteiger charge is -2.22. The smallest absolute Gasteiger partial charge is 0.339 e. The Balaban J connectivity index is 1.89. The highest BCUT2D eigenvalue weighted by Crippen LogP contribution is 2.17. The van der Waals surface area contributed by atoms with E-state index in [9.17, 15) is 9.90 Å². The van der Waals surface area contributed by atoms with E-state index in [0.717, 1.165) is 11.1 Å². The average Bonchev–Trinajstić information content (AvgIpc) is 2.82. The van der Waals surface area contributed by atoms with E-state index >= 15 is 0 Å². The van der Waals surface area contributed by atoms with Crippen molar-refractivity contribution in [3.63, 3.8) is 0 Å². The highest BCUT2D eigenvalue weighted by Gasteiger charge is 2.16. The van der Waals surface area contributed by atoms with E-state index in [1.165, 1.54) is 9.37 Å². The zero-order valence-electron chi connectivity index (χ0n) is 17.8. The van der Waals surface area contributed by atoms with Crippen LogP contribution in [0.4, 0.5) is 0 Å². The second-order valence-corrected chi connectivity index (χ2v) is 7.41. The molecule has 6 nitrogen and oxygen atoms in total. The summed E-state index contributed by atoms with van der Waals surface area (Å²) in [5.74, 6) is -0.727. The van der Waals surface area contributed by atoms with Crippen molar-refractivity contribution >= 4 is 17.5 Å². The van der Waals surface area contributed by atoms with Crippen LogP contribution in [0.5, 0.6) is 0 Å². The predicted octanol–water partition coefficient (Wildman–Crippen LogP) is 2.76. The number of pyridine rings is 1. The minimum absolute atomic E-state index is 0.364. The van der Waals surface area contributed by atoms with Gasteiger partial charge in [0.25, 0.3) is 5.35 Å². The van der Waals surface area contributed by atoms with Gasteiger partial charge in [-0.05, 0) is 59.2 Å². The number of hydrazone groups is 1. The summed E-state index contributed by atoms with van der Waals surface area (Å²) in [5, 5.41) is 23.5. The lowest BCUT2D eigenvalue weighted by Crippen LogP contribution is -2.42. The summed E-state index contributed by atoms with van der Waals surface area (Å²) in [7, 11) is 0. The monoisotopic (exact) mass is 422 g/mol. The molecule has 3 aromatic rings. The first-order valence-corrected chi connectivity index (χ1v) is 10.2. The zero-order chi connectivity index (χ0) is 22.5. The third-order valence-corrected chi connectivity index (χ3v) is 4.88. The van der Waals surface area contributed by atoms with Gasteiger partial charge in [0, 0.05) is 29.8 Å². The molecule has 158 valence electrons. The molecule has 1 aliphatic heterocycles. The van der Waals surface area contributed by atoms with Crippen LogP contribution < -0.4 is 14.8 Å². The van der Waals surface area contributed by atoms with E-state index in [1.54, 1.807) is 60.9 Å². The Labute approximate surface area is 186 Å². The Morgan fingerprint density at radius 3 is 2.28 bits per heavy atom. The van der Waals surface area contributed by atoms with Gasteiger partial charge in [-0.3, -0.25) is 4.79 Å². The van der Waals surface area contributed by atoms with Crippen LogP contribution in [0, 0.1) is 6.92 Å². The molecule has 1 aliphatic rings. The number of aromatic nitrogens is 1. The van der Waals surface area contributed by atoms with E-state index in [2.05, 4.69) is 10.2 Å². The number of nitrogens with zero attached hydrogens (tertiary/aromatic N) is 4. The van der Waals surface area contributed by atoms with Gasteiger partial charge < -0.3 is 5.11 Å². The Bertz CT molecular complexity index is 1360. The molecule has 2 heterocycles. The molecule has 1 amide bonds. The number of hydrogen-bond acceptors (Lipinski definition) is 4. The second-order valence-electron chi connectivity index (χ2n) is 7.41. The molecule has 0 bridgehead atoms. The highest BCUT2D eigenvalue weighted by molar-refractivity contribution is 5.94. The summed E-state index contributed by atoms with van der Waals surface area (Å²) >= 11 is 0. The van der Waals surface area contributed by atoms with Crippen LogP contribution in [0.25, 0.3) is 5.70 Å². The SMILES string of the molecule is CC1=C/C(=c2\cc(C)cc[n+]2=NC(=O)c2ccccc2)N(/N=C(\[O-])c2ccccc2)C=C1.